The van der Waals surface area contributed by atoms with E-state index >= 15 is 4.39 Å². The Morgan fingerprint density at radius 2 is 1.67 bits per heavy atom. The van der Waals surface area contributed by atoms with Crippen molar-refractivity contribution in [2.24, 2.45) is 52.3 Å². The first-order valence-corrected chi connectivity index (χ1v) is 12.8. The lowest BCUT2D eigenvalue weighted by Gasteiger charge is -2.58. The summed E-state index contributed by atoms with van der Waals surface area (Å²) in [4.78, 5) is 0. The van der Waals surface area contributed by atoms with Gasteiger partial charge in [-0.3, -0.25) is 0 Å². The number of allylic oxidation sites excluding steroid dienone is 3. The molecule has 0 amide bonds. The molecule has 3 saturated carbocycles. The van der Waals surface area contributed by atoms with Gasteiger partial charge in [-0.05, 0) is 103 Å². The molecular weight excluding hydrogens is 371 g/mol. The molecule has 170 valence electrons. The van der Waals surface area contributed by atoms with Gasteiger partial charge in [-0.15, -0.1) is 0 Å². The van der Waals surface area contributed by atoms with Crippen molar-refractivity contribution in [2.45, 2.75) is 99.0 Å². The first-order valence-electron chi connectivity index (χ1n) is 12.8. The number of rotatable bonds is 4. The van der Waals surface area contributed by atoms with Crippen LogP contribution in [0.2, 0.25) is 0 Å². The van der Waals surface area contributed by atoms with E-state index in [4.69, 9.17) is 0 Å². The second-order valence-corrected chi connectivity index (χ2v) is 12.4. The lowest BCUT2D eigenvalue weighted by atomic mass is 9.46. The predicted octanol–water partition coefficient (Wildman–Crippen LogP) is 7.71. The van der Waals surface area contributed by atoms with Gasteiger partial charge >= 0.3 is 0 Å². The molecule has 0 aromatic rings. The van der Waals surface area contributed by atoms with Crippen molar-refractivity contribution in [3.63, 3.8) is 0 Å². The van der Waals surface area contributed by atoms with Crippen LogP contribution < -0.4 is 0 Å². The van der Waals surface area contributed by atoms with Crippen molar-refractivity contribution in [3.8, 4) is 0 Å². The first kappa shape index (κ1) is 22.6. The van der Waals surface area contributed by atoms with Crippen LogP contribution in [0.25, 0.3) is 0 Å². The monoisotopic (exact) mass is 416 g/mol. The van der Waals surface area contributed by atoms with Crippen LogP contribution in [0.4, 0.5) is 4.39 Å². The zero-order valence-electron chi connectivity index (χ0n) is 20.3. The second kappa shape index (κ2) is 8.05. The number of hydrogen-bond acceptors (Lipinski definition) is 1. The van der Waals surface area contributed by atoms with E-state index in [0.717, 1.165) is 24.3 Å². The number of hydrogen-bond donors (Lipinski definition) is 1. The Balaban J connectivity index is 1.56. The molecule has 3 fully saturated rings. The van der Waals surface area contributed by atoms with Gasteiger partial charge in [0.05, 0.1) is 6.10 Å². The maximum atomic E-state index is 15.4. The Bertz CT molecular complexity index is 707. The van der Waals surface area contributed by atoms with Gasteiger partial charge in [0, 0.05) is 6.42 Å². The average molecular weight is 417 g/mol. The molecule has 0 bridgehead atoms. The van der Waals surface area contributed by atoms with Crippen LogP contribution in [0.15, 0.2) is 23.6 Å². The van der Waals surface area contributed by atoms with E-state index in [-0.39, 0.29) is 17.3 Å². The molecule has 0 heterocycles. The normalized spacial score (nSPS) is 46.0. The van der Waals surface area contributed by atoms with Crippen LogP contribution in [0, 0.1) is 52.3 Å². The third-order valence-electron chi connectivity index (χ3n) is 10.6. The number of halogens is 1. The molecule has 30 heavy (non-hydrogen) atoms. The maximum Gasteiger partial charge on any atom is 0.100 e. The minimum absolute atomic E-state index is 0.0101. The fraction of sp³-hybridized carbons (Fsp3) is 0.857. The second-order valence-electron chi connectivity index (χ2n) is 12.4. The van der Waals surface area contributed by atoms with Gasteiger partial charge in [-0.2, -0.15) is 0 Å². The zero-order valence-corrected chi connectivity index (χ0v) is 20.3. The molecule has 4 aliphatic carbocycles. The lowest BCUT2D eigenvalue weighted by molar-refractivity contribution is -0.0603. The first-order chi connectivity index (χ1) is 14.1. The van der Waals surface area contributed by atoms with Crippen LogP contribution in [0.5, 0.6) is 0 Å². The molecule has 4 aliphatic rings. The molecule has 0 aromatic heterocycles. The Hall–Kier alpha value is -0.630. The zero-order chi connectivity index (χ0) is 21.8. The summed E-state index contributed by atoms with van der Waals surface area (Å²) in [5, 5.41) is 10.2. The van der Waals surface area contributed by atoms with Gasteiger partial charge in [0.15, 0.2) is 0 Å². The van der Waals surface area contributed by atoms with Crippen LogP contribution in [-0.4, -0.2) is 11.2 Å². The fourth-order valence-corrected chi connectivity index (χ4v) is 8.32. The third kappa shape index (κ3) is 3.54. The highest BCUT2D eigenvalue weighted by atomic mass is 19.1. The summed E-state index contributed by atoms with van der Waals surface area (Å²) in [6, 6.07) is 0. The van der Waals surface area contributed by atoms with Crippen LogP contribution in [-0.2, 0) is 0 Å². The largest absolute Gasteiger partial charge is 0.393 e. The highest BCUT2D eigenvalue weighted by molar-refractivity contribution is 5.28. The lowest BCUT2D eigenvalue weighted by Crippen LogP contribution is -2.51. The molecule has 0 spiro atoms. The Morgan fingerprint density at radius 3 is 2.37 bits per heavy atom. The summed E-state index contributed by atoms with van der Waals surface area (Å²) in [6.07, 6.45) is 12.8. The van der Waals surface area contributed by atoms with Gasteiger partial charge in [-0.25, -0.2) is 4.39 Å². The van der Waals surface area contributed by atoms with Crippen molar-refractivity contribution >= 4 is 0 Å². The quantitative estimate of drug-likeness (QED) is 0.465. The van der Waals surface area contributed by atoms with Crippen LogP contribution in [0.1, 0.15) is 92.9 Å². The van der Waals surface area contributed by atoms with E-state index < -0.39 is 0 Å². The van der Waals surface area contributed by atoms with Crippen molar-refractivity contribution in [1.82, 2.24) is 0 Å². The highest BCUT2D eigenvalue weighted by Gasteiger charge is 2.60. The summed E-state index contributed by atoms with van der Waals surface area (Å²) < 4.78 is 15.4. The van der Waals surface area contributed by atoms with Gasteiger partial charge in [0.25, 0.3) is 0 Å². The molecule has 1 nitrogen and oxygen atoms in total. The summed E-state index contributed by atoms with van der Waals surface area (Å²) in [7, 11) is 0. The van der Waals surface area contributed by atoms with Gasteiger partial charge in [0.1, 0.15) is 5.83 Å². The van der Waals surface area contributed by atoms with E-state index in [0.29, 0.717) is 53.8 Å². The highest BCUT2D eigenvalue weighted by Crippen LogP contribution is 2.68. The van der Waals surface area contributed by atoms with E-state index in [2.05, 4.69) is 53.7 Å². The molecule has 4 rings (SSSR count). The van der Waals surface area contributed by atoms with Crippen molar-refractivity contribution < 1.29 is 9.50 Å². The minimum atomic E-state index is -0.332. The van der Waals surface area contributed by atoms with Crippen LogP contribution >= 0.6 is 0 Å². The Kier molecular flexibility index (Phi) is 6.06. The van der Waals surface area contributed by atoms with E-state index in [9.17, 15) is 5.11 Å². The molecule has 9 atom stereocenters. The van der Waals surface area contributed by atoms with Crippen LogP contribution in [0.3, 0.4) is 0 Å². The molecular formula is C28H45FO. The van der Waals surface area contributed by atoms with Crippen molar-refractivity contribution in [1.29, 1.82) is 0 Å². The number of aliphatic hydroxyl groups excluding tert-OH is 1. The molecule has 2 heteroatoms. The average Bonchev–Trinajstić information content (AvgIpc) is 3.04. The topological polar surface area (TPSA) is 20.2 Å². The summed E-state index contributed by atoms with van der Waals surface area (Å²) in [5.41, 5.74) is 1.33. The fourth-order valence-electron chi connectivity index (χ4n) is 8.32. The Labute approximate surface area is 184 Å². The molecule has 0 unspecified atom stereocenters. The van der Waals surface area contributed by atoms with E-state index in [1.807, 2.05) is 0 Å². The molecule has 0 saturated heterocycles. The van der Waals surface area contributed by atoms with Gasteiger partial charge in [0.2, 0.25) is 0 Å². The smallest absolute Gasteiger partial charge is 0.100 e. The van der Waals surface area contributed by atoms with Crippen molar-refractivity contribution in [2.75, 3.05) is 0 Å². The summed E-state index contributed by atoms with van der Waals surface area (Å²) >= 11 is 0. The molecule has 0 aliphatic heterocycles. The molecule has 0 radical (unpaired) electrons. The predicted molar refractivity (Wildman–Crippen MR) is 124 cm³/mol. The minimum Gasteiger partial charge on any atom is -0.393 e. The number of aliphatic hydroxyl groups is 1. The SMILES string of the molecule is CC(C)[C@@H](C)C=C[C@@H](C)[C@H]1CC[C@H]2[C@@H]3CC(F)=C4C[C@@H](O)CC[C@]4(C)[C@H]3CC[C@]12C. The third-order valence-corrected chi connectivity index (χ3v) is 10.6. The maximum absolute atomic E-state index is 15.4. The standard InChI is InChI=1S/C28H45FO/c1-17(2)18(3)7-8-19(4)22-9-10-23-21-16-26(29)25-15-20(30)11-13-28(25,6)24(21)12-14-27(22,23)5/h7-8,17-24,30H,9-16H2,1-6H3/t18-,19+,20-,21-,22+,23-,24-,27+,28+/m0/s1. The molecule has 1 N–H and O–H groups in total. The van der Waals surface area contributed by atoms with E-state index in [1.165, 1.54) is 25.7 Å². The summed E-state index contributed by atoms with van der Waals surface area (Å²) in [6.45, 7) is 14.2. The van der Waals surface area contributed by atoms with Gasteiger partial charge in [-0.1, -0.05) is 53.7 Å². The van der Waals surface area contributed by atoms with E-state index in [1.54, 1.807) is 0 Å². The summed E-state index contributed by atoms with van der Waals surface area (Å²) in [5.74, 6) is 4.58. The molecule has 0 aromatic carbocycles. The van der Waals surface area contributed by atoms with Gasteiger partial charge < -0.3 is 5.11 Å². The van der Waals surface area contributed by atoms with Crippen molar-refractivity contribution in [3.05, 3.63) is 23.6 Å². The Morgan fingerprint density at radius 1 is 0.933 bits per heavy atom. The number of fused-ring (bicyclic) bond motifs is 5.